The monoisotopic (exact) mass is 481 g/mol. The Kier molecular flexibility index (Phi) is 10.7. The van der Waals surface area contributed by atoms with Crippen LogP contribution in [0.2, 0.25) is 0 Å². The van der Waals surface area contributed by atoms with Crippen LogP contribution < -0.4 is 16.0 Å². The molecule has 2 aliphatic rings. The summed E-state index contributed by atoms with van der Waals surface area (Å²) in [6.45, 7) is 3.89. The average Bonchev–Trinajstić information content (AvgIpc) is 2.84. The first-order valence-electron chi connectivity index (χ1n) is 11.6. The third-order valence-electron chi connectivity index (χ3n) is 7.09. The summed E-state index contributed by atoms with van der Waals surface area (Å²) >= 11 is 5.54. The van der Waals surface area contributed by atoms with E-state index in [1.165, 1.54) is 0 Å². The molecule has 2 heterocycles. The highest BCUT2D eigenvalue weighted by molar-refractivity contribution is 6.65. The molecule has 1 unspecified atom stereocenters. The fourth-order valence-corrected chi connectivity index (χ4v) is 4.57. The Hall–Kier alpha value is -1.55. The lowest BCUT2D eigenvalue weighted by Crippen LogP contribution is -2.60. The van der Waals surface area contributed by atoms with Gasteiger partial charge in [-0.25, -0.2) is 0 Å². The molecular formula is C24H40ClN5O3. The van der Waals surface area contributed by atoms with E-state index in [4.69, 9.17) is 11.6 Å². The maximum atomic E-state index is 12.5. The maximum Gasteiger partial charge on any atom is 0.241 e. The molecule has 1 atom stereocenters. The van der Waals surface area contributed by atoms with Gasteiger partial charge in [-0.2, -0.15) is 0 Å². The molecule has 0 aromatic heterocycles. The van der Waals surface area contributed by atoms with Crippen LogP contribution in [0.25, 0.3) is 0 Å². The van der Waals surface area contributed by atoms with Gasteiger partial charge in [0.2, 0.25) is 11.1 Å². The van der Waals surface area contributed by atoms with Crippen molar-refractivity contribution in [2.75, 3.05) is 60.9 Å². The van der Waals surface area contributed by atoms with Gasteiger partial charge in [-0.3, -0.25) is 9.59 Å². The summed E-state index contributed by atoms with van der Waals surface area (Å²) in [5.74, 6) is -0.0203. The molecule has 1 aromatic rings. The smallest absolute Gasteiger partial charge is 0.241 e. The molecular weight excluding hydrogens is 442 g/mol. The van der Waals surface area contributed by atoms with Crippen molar-refractivity contribution in [2.24, 2.45) is 0 Å². The van der Waals surface area contributed by atoms with E-state index in [0.29, 0.717) is 0 Å². The Balaban J connectivity index is 0.000000273. The Labute approximate surface area is 203 Å². The van der Waals surface area contributed by atoms with Gasteiger partial charge in [0, 0.05) is 32.7 Å². The van der Waals surface area contributed by atoms with E-state index in [1.807, 2.05) is 37.4 Å². The van der Waals surface area contributed by atoms with Crippen molar-refractivity contribution < 1.29 is 14.7 Å². The number of benzene rings is 1. The Morgan fingerprint density at radius 2 is 1.39 bits per heavy atom. The number of piperidine rings is 2. The lowest BCUT2D eigenvalue weighted by Gasteiger charge is -2.39. The van der Waals surface area contributed by atoms with Gasteiger partial charge in [-0.1, -0.05) is 30.3 Å². The number of likely N-dealkylation sites (N-methyl/N-ethyl adjacent to an activating group) is 2. The average molecular weight is 482 g/mol. The van der Waals surface area contributed by atoms with Crippen LogP contribution in [0.4, 0.5) is 0 Å². The fraction of sp³-hybridized carbons (Fsp3) is 0.667. The van der Waals surface area contributed by atoms with Crippen molar-refractivity contribution >= 4 is 22.8 Å². The molecule has 2 saturated heterocycles. The number of nitrogens with one attached hydrogen (secondary N) is 3. The Bertz CT molecular complexity index is 748. The molecule has 186 valence electrons. The van der Waals surface area contributed by atoms with Gasteiger partial charge in [0.15, 0.2) is 0 Å². The minimum absolute atomic E-state index is 0.0203. The van der Waals surface area contributed by atoms with Gasteiger partial charge < -0.3 is 30.9 Å². The van der Waals surface area contributed by atoms with Crippen molar-refractivity contribution in [3.05, 3.63) is 35.9 Å². The molecule has 0 bridgehead atoms. The summed E-state index contributed by atoms with van der Waals surface area (Å²) in [6.07, 6.45) is 2.51. The number of amides is 1. The van der Waals surface area contributed by atoms with Crippen LogP contribution in [0.1, 0.15) is 37.4 Å². The Morgan fingerprint density at radius 3 is 1.82 bits per heavy atom. The number of hydrogen-bond acceptors (Lipinski definition) is 7. The molecule has 0 radical (unpaired) electrons. The number of rotatable bonds is 7. The van der Waals surface area contributed by atoms with Gasteiger partial charge in [0.1, 0.15) is 5.54 Å². The lowest BCUT2D eigenvalue weighted by molar-refractivity contribution is -0.129. The van der Waals surface area contributed by atoms with Crippen LogP contribution in [0.15, 0.2) is 30.3 Å². The second-order valence-corrected chi connectivity index (χ2v) is 9.52. The summed E-state index contributed by atoms with van der Waals surface area (Å²) in [5.41, 5.74) is -0.156. The van der Waals surface area contributed by atoms with Crippen LogP contribution in [-0.2, 0) is 9.59 Å². The van der Waals surface area contributed by atoms with E-state index in [1.54, 1.807) is 7.05 Å². The third kappa shape index (κ3) is 7.47. The highest BCUT2D eigenvalue weighted by Crippen LogP contribution is 2.24. The zero-order valence-corrected chi connectivity index (χ0v) is 21.1. The maximum absolute atomic E-state index is 12.5. The topological polar surface area (TPSA) is 96.9 Å². The molecule has 0 aliphatic carbocycles. The van der Waals surface area contributed by atoms with Crippen molar-refractivity contribution in [3.8, 4) is 0 Å². The van der Waals surface area contributed by atoms with Gasteiger partial charge in [0.25, 0.3) is 0 Å². The number of carbonyl (C=O) groups excluding carboxylic acids is 2. The van der Waals surface area contributed by atoms with Crippen molar-refractivity contribution in [2.45, 2.75) is 42.9 Å². The molecule has 4 N–H and O–H groups in total. The molecule has 2 aliphatic heterocycles. The molecule has 1 aromatic carbocycles. The van der Waals surface area contributed by atoms with Crippen LogP contribution in [0.3, 0.4) is 0 Å². The molecule has 3 rings (SSSR count). The largest absolute Gasteiger partial charge is 0.387 e. The summed E-state index contributed by atoms with van der Waals surface area (Å²) in [6, 6.07) is 9.39. The van der Waals surface area contributed by atoms with Crippen LogP contribution >= 0.6 is 11.6 Å². The summed E-state index contributed by atoms with van der Waals surface area (Å²) in [5, 5.41) is 19.0. The van der Waals surface area contributed by atoms with E-state index in [9.17, 15) is 14.7 Å². The molecule has 9 heteroatoms. The quantitative estimate of drug-likeness (QED) is 0.431. The lowest BCUT2D eigenvalue weighted by atomic mass is 9.86. The molecule has 0 saturated carbocycles. The fourth-order valence-electron chi connectivity index (χ4n) is 4.29. The molecule has 1 amide bonds. The highest BCUT2D eigenvalue weighted by atomic mass is 35.5. The number of aliphatic hydroxyl groups is 1. The van der Waals surface area contributed by atoms with Crippen LogP contribution in [0.5, 0.6) is 0 Å². The normalized spacial score (nSPS) is 21.4. The molecule has 0 spiro atoms. The SMILES string of the molecule is CNC1(C(=O)Cl)CCN(C)CC1.CNC1(C(=O)NCC(O)c2ccccc2)CCN(C)CC1. The zero-order valence-electron chi connectivity index (χ0n) is 20.4. The van der Waals surface area contributed by atoms with Gasteiger partial charge in [0.05, 0.1) is 11.6 Å². The van der Waals surface area contributed by atoms with Crippen molar-refractivity contribution in [1.82, 2.24) is 25.8 Å². The minimum atomic E-state index is -0.671. The standard InChI is InChI=1S/C16H25N3O2.C8H15ClN2O/c1-17-16(8-10-19(2)11-9-16)15(21)18-12-14(20)13-6-4-3-5-7-13;1-10-8(7(9)12)3-5-11(2)6-4-8/h3-7,14,17,20H,8-12H2,1-2H3,(H,18,21);10H,3-6H2,1-2H3. The van der Waals surface area contributed by atoms with Gasteiger partial charge in [-0.05, 0) is 71.0 Å². The second-order valence-electron chi connectivity index (χ2n) is 9.18. The number of likely N-dealkylation sites (tertiary alicyclic amines) is 2. The van der Waals surface area contributed by atoms with Crippen molar-refractivity contribution in [3.63, 3.8) is 0 Å². The zero-order chi connectivity index (χ0) is 24.5. The van der Waals surface area contributed by atoms with E-state index in [-0.39, 0.29) is 17.7 Å². The summed E-state index contributed by atoms with van der Waals surface area (Å²) in [4.78, 5) is 28.1. The third-order valence-corrected chi connectivity index (χ3v) is 7.45. The number of nitrogens with zero attached hydrogens (tertiary/aromatic N) is 2. The second kappa shape index (κ2) is 12.8. The van der Waals surface area contributed by atoms with E-state index in [2.05, 4.69) is 39.8 Å². The number of hydrogen-bond donors (Lipinski definition) is 4. The number of carbonyl (C=O) groups is 2. The summed E-state index contributed by atoms with van der Waals surface area (Å²) in [7, 11) is 7.75. The van der Waals surface area contributed by atoms with Crippen molar-refractivity contribution in [1.29, 1.82) is 0 Å². The predicted octanol–water partition coefficient (Wildman–Crippen LogP) is 0.956. The van der Waals surface area contributed by atoms with Crippen LogP contribution in [-0.4, -0.2) is 98.0 Å². The minimum Gasteiger partial charge on any atom is -0.387 e. The first kappa shape index (κ1) is 27.7. The van der Waals surface area contributed by atoms with E-state index >= 15 is 0 Å². The molecule has 8 nitrogen and oxygen atoms in total. The summed E-state index contributed by atoms with van der Waals surface area (Å²) < 4.78 is 0. The van der Waals surface area contributed by atoms with Gasteiger partial charge in [-0.15, -0.1) is 0 Å². The predicted molar refractivity (Wildman–Crippen MR) is 132 cm³/mol. The Morgan fingerprint density at radius 1 is 0.939 bits per heavy atom. The molecule has 33 heavy (non-hydrogen) atoms. The van der Waals surface area contributed by atoms with Crippen LogP contribution in [0, 0.1) is 0 Å². The van der Waals surface area contributed by atoms with E-state index < -0.39 is 17.2 Å². The van der Waals surface area contributed by atoms with E-state index in [0.717, 1.165) is 57.4 Å². The first-order chi connectivity index (χ1) is 15.7. The van der Waals surface area contributed by atoms with Gasteiger partial charge >= 0.3 is 0 Å². The first-order valence-corrected chi connectivity index (χ1v) is 12.0. The number of aliphatic hydroxyl groups excluding tert-OH is 1. The number of halogens is 1. The highest BCUT2D eigenvalue weighted by Gasteiger charge is 2.39. The molecule has 2 fully saturated rings.